The number of amides is 2. The lowest BCUT2D eigenvalue weighted by Crippen LogP contribution is -2.57. The molecule has 2 aromatic carbocycles. The Morgan fingerprint density at radius 2 is 1.89 bits per heavy atom. The second-order valence-corrected chi connectivity index (χ2v) is 6.67. The van der Waals surface area contributed by atoms with E-state index in [1.165, 1.54) is 5.01 Å². The predicted octanol–water partition coefficient (Wildman–Crippen LogP) is 2.68. The Balaban J connectivity index is 1.86. The smallest absolute Gasteiger partial charge is 0.292 e. The number of halogens is 1. The Bertz CT molecular complexity index is 898. The van der Waals surface area contributed by atoms with Crippen LogP contribution in [0.5, 0.6) is 0 Å². The van der Waals surface area contributed by atoms with Gasteiger partial charge in [0.25, 0.3) is 11.8 Å². The molecule has 3 rings (SSSR count). The van der Waals surface area contributed by atoms with Gasteiger partial charge in [-0.25, -0.2) is 10.0 Å². The number of aliphatic imine (C=N–C) groups is 1. The van der Waals surface area contributed by atoms with Crippen LogP contribution in [0.15, 0.2) is 53.5 Å². The lowest BCUT2D eigenvalue weighted by molar-refractivity contribution is -0.120. The maximum absolute atomic E-state index is 12.8. The van der Waals surface area contributed by atoms with Gasteiger partial charge in [0.15, 0.2) is 0 Å². The number of amidine groups is 1. The second-order valence-electron chi connectivity index (χ2n) is 6.26. The Morgan fingerprint density at radius 3 is 2.56 bits per heavy atom. The van der Waals surface area contributed by atoms with Crippen LogP contribution in [0.2, 0.25) is 5.02 Å². The monoisotopic (exact) mass is 385 g/mol. The van der Waals surface area contributed by atoms with Crippen molar-refractivity contribution in [1.29, 1.82) is 0 Å². The molecule has 1 atom stereocenters. The molecule has 1 aliphatic rings. The molecule has 7 nitrogen and oxygen atoms in total. The standard InChI is InChI=1S/C19H20ClN5O2/c1-12-19(27)25(13-8-5-4-6-9-13)23-17(21-12)18(26)22-15-11-7-10-14(20)16(15)24(2)3/h4-12H,1-3H3,(H,21,23)(H,22,26). The molecule has 27 heavy (non-hydrogen) atoms. The summed E-state index contributed by atoms with van der Waals surface area (Å²) in [5.41, 5.74) is 4.68. The molecule has 8 heteroatoms. The Kier molecular flexibility index (Phi) is 5.32. The van der Waals surface area contributed by atoms with Crippen LogP contribution in [-0.2, 0) is 9.59 Å². The summed E-state index contributed by atoms with van der Waals surface area (Å²) in [7, 11) is 3.68. The van der Waals surface area contributed by atoms with Crippen molar-refractivity contribution in [1.82, 2.24) is 5.43 Å². The molecule has 0 aliphatic carbocycles. The molecule has 0 aromatic heterocycles. The van der Waals surface area contributed by atoms with E-state index in [-0.39, 0.29) is 11.7 Å². The minimum Gasteiger partial charge on any atom is -0.375 e. The fraction of sp³-hybridized carbons (Fsp3) is 0.211. The van der Waals surface area contributed by atoms with Gasteiger partial charge >= 0.3 is 0 Å². The van der Waals surface area contributed by atoms with Gasteiger partial charge in [-0.05, 0) is 31.2 Å². The highest BCUT2D eigenvalue weighted by Gasteiger charge is 2.31. The quantitative estimate of drug-likeness (QED) is 0.848. The number of anilines is 3. The number of para-hydroxylation sites is 2. The van der Waals surface area contributed by atoms with Crippen molar-refractivity contribution in [2.75, 3.05) is 29.3 Å². The van der Waals surface area contributed by atoms with Crippen LogP contribution in [0.1, 0.15) is 6.92 Å². The number of nitrogens with zero attached hydrogens (tertiary/aromatic N) is 3. The zero-order valence-corrected chi connectivity index (χ0v) is 16.0. The SMILES string of the molecule is CC1N=C(C(=O)Nc2cccc(Cl)c2N(C)C)NN(c2ccccc2)C1=O. The van der Waals surface area contributed by atoms with Crippen LogP contribution in [0.3, 0.4) is 0 Å². The van der Waals surface area contributed by atoms with Crippen molar-refractivity contribution < 1.29 is 9.59 Å². The van der Waals surface area contributed by atoms with E-state index in [1.807, 2.05) is 37.2 Å². The maximum atomic E-state index is 12.8. The lowest BCUT2D eigenvalue weighted by Gasteiger charge is -2.30. The minimum atomic E-state index is -0.681. The van der Waals surface area contributed by atoms with E-state index in [0.29, 0.717) is 22.1 Å². The summed E-state index contributed by atoms with van der Waals surface area (Å²) < 4.78 is 0. The highest BCUT2D eigenvalue weighted by atomic mass is 35.5. The summed E-state index contributed by atoms with van der Waals surface area (Å²) >= 11 is 6.25. The molecule has 1 aliphatic heterocycles. The van der Waals surface area contributed by atoms with Crippen molar-refractivity contribution >= 4 is 46.3 Å². The Hall–Kier alpha value is -3.06. The van der Waals surface area contributed by atoms with E-state index >= 15 is 0 Å². The Labute approximate surface area is 162 Å². The molecule has 0 saturated carbocycles. The molecule has 1 heterocycles. The average Bonchev–Trinajstić information content (AvgIpc) is 2.64. The van der Waals surface area contributed by atoms with E-state index in [1.54, 1.807) is 37.3 Å². The third-order valence-electron chi connectivity index (χ3n) is 4.03. The number of hydrogen-bond acceptors (Lipinski definition) is 5. The molecule has 2 N–H and O–H groups in total. The van der Waals surface area contributed by atoms with Gasteiger partial charge in [-0.2, -0.15) is 0 Å². The predicted molar refractivity (Wildman–Crippen MR) is 108 cm³/mol. The first-order valence-electron chi connectivity index (χ1n) is 8.39. The van der Waals surface area contributed by atoms with Crippen LogP contribution in [0.4, 0.5) is 17.1 Å². The van der Waals surface area contributed by atoms with Crippen LogP contribution >= 0.6 is 11.6 Å². The van der Waals surface area contributed by atoms with Gasteiger partial charge < -0.3 is 10.2 Å². The number of rotatable bonds is 4. The largest absolute Gasteiger partial charge is 0.375 e. The van der Waals surface area contributed by atoms with Crippen molar-refractivity contribution in [2.24, 2.45) is 4.99 Å². The van der Waals surface area contributed by atoms with Crippen molar-refractivity contribution in [3.8, 4) is 0 Å². The molecular formula is C19H20ClN5O2. The summed E-state index contributed by atoms with van der Waals surface area (Å²) in [4.78, 5) is 31.2. The lowest BCUT2D eigenvalue weighted by atomic mass is 10.2. The third kappa shape index (κ3) is 3.88. The van der Waals surface area contributed by atoms with Gasteiger partial charge in [-0.15, -0.1) is 0 Å². The summed E-state index contributed by atoms with van der Waals surface area (Å²) in [6.07, 6.45) is 0. The number of carbonyl (C=O) groups is 2. The van der Waals surface area contributed by atoms with Gasteiger partial charge in [0, 0.05) is 14.1 Å². The number of benzene rings is 2. The van der Waals surface area contributed by atoms with Crippen molar-refractivity contribution in [2.45, 2.75) is 13.0 Å². The van der Waals surface area contributed by atoms with Gasteiger partial charge in [0.1, 0.15) is 6.04 Å². The van der Waals surface area contributed by atoms with Gasteiger partial charge in [-0.1, -0.05) is 35.9 Å². The molecule has 2 aromatic rings. The van der Waals surface area contributed by atoms with E-state index in [0.717, 1.165) is 0 Å². The van der Waals surface area contributed by atoms with Crippen LogP contribution < -0.4 is 20.7 Å². The molecule has 1 unspecified atom stereocenters. The van der Waals surface area contributed by atoms with Gasteiger partial charge in [0.2, 0.25) is 5.84 Å². The molecular weight excluding hydrogens is 366 g/mol. The number of hydrazine groups is 1. The molecule has 0 radical (unpaired) electrons. The van der Waals surface area contributed by atoms with Crippen LogP contribution in [-0.4, -0.2) is 37.8 Å². The van der Waals surface area contributed by atoms with E-state index in [9.17, 15) is 9.59 Å². The first-order chi connectivity index (χ1) is 12.9. The van der Waals surface area contributed by atoms with E-state index in [2.05, 4.69) is 15.7 Å². The summed E-state index contributed by atoms with van der Waals surface area (Å²) in [5, 5.41) is 4.66. The fourth-order valence-corrected chi connectivity index (χ4v) is 3.10. The minimum absolute atomic E-state index is 0.0515. The first-order valence-corrected chi connectivity index (χ1v) is 8.77. The zero-order valence-electron chi connectivity index (χ0n) is 15.2. The summed E-state index contributed by atoms with van der Waals surface area (Å²) in [6, 6.07) is 13.6. The van der Waals surface area contributed by atoms with Gasteiger partial charge in [0.05, 0.1) is 22.1 Å². The molecule has 0 spiro atoms. The molecule has 140 valence electrons. The molecule has 2 amide bonds. The third-order valence-corrected chi connectivity index (χ3v) is 4.33. The highest BCUT2D eigenvalue weighted by Crippen LogP contribution is 2.32. The fourth-order valence-electron chi connectivity index (χ4n) is 2.76. The normalized spacial score (nSPS) is 16.4. The topological polar surface area (TPSA) is 77.0 Å². The molecule has 0 saturated heterocycles. The molecule has 0 fully saturated rings. The highest BCUT2D eigenvalue weighted by molar-refractivity contribution is 6.44. The molecule has 0 bridgehead atoms. The number of carbonyl (C=O) groups excluding carboxylic acids is 2. The maximum Gasteiger partial charge on any atom is 0.292 e. The summed E-state index contributed by atoms with van der Waals surface area (Å²) in [6.45, 7) is 1.65. The van der Waals surface area contributed by atoms with Crippen molar-refractivity contribution in [3.05, 3.63) is 53.6 Å². The van der Waals surface area contributed by atoms with Gasteiger partial charge in [-0.3, -0.25) is 15.0 Å². The van der Waals surface area contributed by atoms with Crippen LogP contribution in [0.25, 0.3) is 0 Å². The number of hydrogen-bond donors (Lipinski definition) is 2. The zero-order chi connectivity index (χ0) is 19.6. The first kappa shape index (κ1) is 18.7. The second kappa shape index (κ2) is 7.67. The van der Waals surface area contributed by atoms with E-state index in [4.69, 9.17) is 11.6 Å². The van der Waals surface area contributed by atoms with Crippen molar-refractivity contribution in [3.63, 3.8) is 0 Å². The average molecular weight is 386 g/mol. The van der Waals surface area contributed by atoms with E-state index < -0.39 is 11.9 Å². The number of nitrogens with one attached hydrogen (secondary N) is 2. The summed E-state index contributed by atoms with van der Waals surface area (Å²) in [5.74, 6) is -0.647. The van der Waals surface area contributed by atoms with Crippen LogP contribution in [0, 0.1) is 0 Å². The Morgan fingerprint density at radius 1 is 1.19 bits per heavy atom.